The predicted octanol–water partition coefficient (Wildman–Crippen LogP) is 3.11. The quantitative estimate of drug-likeness (QED) is 0.698. The Bertz CT molecular complexity index is 778. The number of benzene rings is 1. The lowest BCUT2D eigenvalue weighted by atomic mass is 10.0. The number of nitriles is 1. The van der Waals surface area contributed by atoms with Crippen molar-refractivity contribution in [3.8, 4) is 6.07 Å². The fourth-order valence-corrected chi connectivity index (χ4v) is 2.24. The summed E-state index contributed by atoms with van der Waals surface area (Å²) in [6, 6.07) is 14.0. The van der Waals surface area contributed by atoms with Crippen LogP contribution in [-0.2, 0) is 6.42 Å². The van der Waals surface area contributed by atoms with E-state index in [-0.39, 0.29) is 0 Å². The topological polar surface area (TPSA) is 41.1 Å². The van der Waals surface area contributed by atoms with Crippen LogP contribution in [-0.4, -0.2) is 9.38 Å². The minimum absolute atomic E-state index is 0.703. The fourth-order valence-electron chi connectivity index (χ4n) is 2.24. The highest BCUT2D eigenvalue weighted by Gasteiger charge is 2.06. The van der Waals surface area contributed by atoms with Gasteiger partial charge in [-0.1, -0.05) is 12.1 Å². The molecule has 0 N–H and O–H groups in total. The Morgan fingerprint density at radius 2 is 2.16 bits per heavy atom. The van der Waals surface area contributed by atoms with Crippen molar-refractivity contribution in [1.82, 2.24) is 9.38 Å². The van der Waals surface area contributed by atoms with Crippen molar-refractivity contribution in [2.45, 2.75) is 13.3 Å². The van der Waals surface area contributed by atoms with Crippen LogP contribution in [0, 0.1) is 18.3 Å². The molecule has 2 heterocycles. The van der Waals surface area contributed by atoms with E-state index < -0.39 is 0 Å². The van der Waals surface area contributed by atoms with Crippen molar-refractivity contribution < 1.29 is 0 Å². The second-order valence-electron chi connectivity index (χ2n) is 4.61. The van der Waals surface area contributed by atoms with Crippen LogP contribution in [0.3, 0.4) is 0 Å². The van der Waals surface area contributed by atoms with E-state index in [9.17, 15) is 0 Å². The normalized spacial score (nSPS) is 10.5. The highest BCUT2D eigenvalue weighted by molar-refractivity contribution is 5.43. The number of fused-ring (bicyclic) bond motifs is 1. The summed E-state index contributed by atoms with van der Waals surface area (Å²) in [5.41, 5.74) is 5.16. The molecule has 92 valence electrons. The summed E-state index contributed by atoms with van der Waals surface area (Å²) < 4.78 is 2.08. The van der Waals surface area contributed by atoms with Crippen LogP contribution < -0.4 is 0 Å². The molecule has 0 aliphatic carbocycles. The van der Waals surface area contributed by atoms with Crippen LogP contribution in [0.4, 0.5) is 0 Å². The smallest absolute Gasteiger partial charge is 0.136 e. The molecule has 3 rings (SSSR count). The second kappa shape index (κ2) is 4.58. The molecule has 3 aromatic rings. The molecule has 0 unspecified atom stereocenters. The molecule has 2 aromatic heterocycles. The van der Waals surface area contributed by atoms with E-state index in [2.05, 4.69) is 22.4 Å². The molecule has 0 radical (unpaired) electrons. The van der Waals surface area contributed by atoms with Gasteiger partial charge in [-0.2, -0.15) is 5.26 Å². The first-order valence-electron chi connectivity index (χ1n) is 6.18. The molecule has 19 heavy (non-hydrogen) atoms. The van der Waals surface area contributed by atoms with E-state index in [0.717, 1.165) is 17.8 Å². The molecular weight excluding hydrogens is 234 g/mol. The standard InChI is InChI=1S/C16H13N3/c1-12-5-6-13(10-17)8-14(12)9-15-11-18-16-4-2-3-7-19(15)16/h2-8,11H,9H2,1H3. The lowest BCUT2D eigenvalue weighted by Crippen LogP contribution is -1.97. The number of nitrogens with zero attached hydrogens (tertiary/aromatic N) is 3. The number of hydrogen-bond acceptors (Lipinski definition) is 2. The first kappa shape index (κ1) is 11.5. The average Bonchev–Trinajstić information content (AvgIpc) is 2.85. The minimum atomic E-state index is 0.703. The lowest BCUT2D eigenvalue weighted by Gasteiger charge is -2.06. The molecule has 0 saturated carbocycles. The number of aromatic nitrogens is 2. The van der Waals surface area contributed by atoms with Gasteiger partial charge in [-0.05, 0) is 42.3 Å². The number of aryl methyl sites for hydroxylation is 1. The zero-order valence-electron chi connectivity index (χ0n) is 10.7. The zero-order valence-corrected chi connectivity index (χ0v) is 10.7. The Morgan fingerprint density at radius 3 is 3.00 bits per heavy atom. The van der Waals surface area contributed by atoms with E-state index in [1.165, 1.54) is 11.1 Å². The summed E-state index contributed by atoms with van der Waals surface area (Å²) in [4.78, 5) is 4.39. The van der Waals surface area contributed by atoms with Crippen molar-refractivity contribution in [3.05, 3.63) is 71.2 Å². The van der Waals surface area contributed by atoms with Gasteiger partial charge in [0.25, 0.3) is 0 Å². The largest absolute Gasteiger partial charge is 0.304 e. The maximum Gasteiger partial charge on any atom is 0.136 e. The van der Waals surface area contributed by atoms with Gasteiger partial charge >= 0.3 is 0 Å². The first-order valence-corrected chi connectivity index (χ1v) is 6.18. The summed E-state index contributed by atoms with van der Waals surface area (Å²) in [5, 5.41) is 8.98. The van der Waals surface area contributed by atoms with Gasteiger partial charge in [0.1, 0.15) is 5.65 Å². The Labute approximate surface area is 111 Å². The van der Waals surface area contributed by atoms with E-state index in [1.807, 2.05) is 48.8 Å². The molecule has 0 bridgehead atoms. The highest BCUT2D eigenvalue weighted by atomic mass is 15.0. The van der Waals surface area contributed by atoms with Crippen molar-refractivity contribution in [2.24, 2.45) is 0 Å². The Hall–Kier alpha value is -2.60. The molecule has 0 spiro atoms. The minimum Gasteiger partial charge on any atom is -0.304 e. The highest BCUT2D eigenvalue weighted by Crippen LogP contribution is 2.16. The molecule has 0 saturated heterocycles. The van der Waals surface area contributed by atoms with Crippen molar-refractivity contribution in [3.63, 3.8) is 0 Å². The van der Waals surface area contributed by atoms with Crippen LogP contribution in [0.5, 0.6) is 0 Å². The molecular formula is C16H13N3. The third-order valence-electron chi connectivity index (χ3n) is 3.34. The van der Waals surface area contributed by atoms with Gasteiger partial charge in [0.15, 0.2) is 0 Å². The van der Waals surface area contributed by atoms with Gasteiger partial charge < -0.3 is 4.40 Å². The van der Waals surface area contributed by atoms with E-state index in [1.54, 1.807) is 0 Å². The molecule has 0 amide bonds. The number of hydrogen-bond donors (Lipinski definition) is 0. The van der Waals surface area contributed by atoms with Crippen LogP contribution in [0.1, 0.15) is 22.4 Å². The summed E-state index contributed by atoms with van der Waals surface area (Å²) in [6.07, 6.45) is 4.70. The SMILES string of the molecule is Cc1ccc(C#N)cc1Cc1cnc2ccccn12. The zero-order chi connectivity index (χ0) is 13.2. The Kier molecular flexibility index (Phi) is 2.77. The van der Waals surface area contributed by atoms with E-state index in [0.29, 0.717) is 5.56 Å². The summed E-state index contributed by atoms with van der Waals surface area (Å²) >= 11 is 0. The van der Waals surface area contributed by atoms with Crippen molar-refractivity contribution in [2.75, 3.05) is 0 Å². The molecule has 0 atom stereocenters. The number of imidazole rings is 1. The number of pyridine rings is 1. The van der Waals surface area contributed by atoms with Crippen molar-refractivity contribution >= 4 is 5.65 Å². The first-order chi connectivity index (χ1) is 9.28. The average molecular weight is 247 g/mol. The molecule has 1 aromatic carbocycles. The summed E-state index contributed by atoms with van der Waals surface area (Å²) in [5.74, 6) is 0. The van der Waals surface area contributed by atoms with Crippen LogP contribution in [0.25, 0.3) is 5.65 Å². The van der Waals surface area contributed by atoms with Crippen molar-refractivity contribution in [1.29, 1.82) is 5.26 Å². The van der Waals surface area contributed by atoms with Gasteiger partial charge in [0, 0.05) is 24.5 Å². The van der Waals surface area contributed by atoms with Gasteiger partial charge in [0.05, 0.1) is 11.6 Å². The Balaban J connectivity index is 2.04. The molecule has 0 aliphatic rings. The molecule has 0 fully saturated rings. The maximum absolute atomic E-state index is 8.98. The predicted molar refractivity (Wildman–Crippen MR) is 73.9 cm³/mol. The van der Waals surface area contributed by atoms with E-state index >= 15 is 0 Å². The van der Waals surface area contributed by atoms with Crippen LogP contribution in [0.15, 0.2) is 48.8 Å². The van der Waals surface area contributed by atoms with Gasteiger partial charge in [-0.25, -0.2) is 4.98 Å². The van der Waals surface area contributed by atoms with Gasteiger partial charge in [-0.15, -0.1) is 0 Å². The lowest BCUT2D eigenvalue weighted by molar-refractivity contribution is 1.02. The number of rotatable bonds is 2. The second-order valence-corrected chi connectivity index (χ2v) is 4.61. The molecule has 0 aliphatic heterocycles. The fraction of sp³-hybridized carbons (Fsp3) is 0.125. The third kappa shape index (κ3) is 2.09. The molecule has 3 nitrogen and oxygen atoms in total. The molecule has 3 heteroatoms. The summed E-state index contributed by atoms with van der Waals surface area (Å²) in [7, 11) is 0. The Morgan fingerprint density at radius 1 is 1.26 bits per heavy atom. The monoisotopic (exact) mass is 247 g/mol. The van der Waals surface area contributed by atoms with Crippen LogP contribution >= 0.6 is 0 Å². The third-order valence-corrected chi connectivity index (χ3v) is 3.34. The maximum atomic E-state index is 8.98. The van der Waals surface area contributed by atoms with E-state index in [4.69, 9.17) is 5.26 Å². The van der Waals surface area contributed by atoms with Gasteiger partial charge in [0.2, 0.25) is 0 Å². The van der Waals surface area contributed by atoms with Crippen LogP contribution in [0.2, 0.25) is 0 Å². The van der Waals surface area contributed by atoms with Gasteiger partial charge in [-0.3, -0.25) is 0 Å². The summed E-state index contributed by atoms with van der Waals surface area (Å²) in [6.45, 7) is 2.07.